The van der Waals surface area contributed by atoms with Crippen LogP contribution >= 0.6 is 0 Å². The summed E-state index contributed by atoms with van der Waals surface area (Å²) in [6, 6.07) is 17.0. The number of anilines is 1. The van der Waals surface area contributed by atoms with Crippen molar-refractivity contribution < 1.29 is 9.47 Å². The van der Waals surface area contributed by atoms with Crippen molar-refractivity contribution in [3.8, 4) is 22.6 Å². The van der Waals surface area contributed by atoms with Crippen molar-refractivity contribution in [1.29, 1.82) is 0 Å². The maximum absolute atomic E-state index is 13.5. The van der Waals surface area contributed by atoms with Crippen molar-refractivity contribution >= 4 is 16.9 Å². The zero-order valence-corrected chi connectivity index (χ0v) is 18.5. The van der Waals surface area contributed by atoms with Crippen LogP contribution in [-0.4, -0.2) is 26.7 Å². The summed E-state index contributed by atoms with van der Waals surface area (Å²) in [4.78, 5) is 32.6. The van der Waals surface area contributed by atoms with Crippen molar-refractivity contribution in [3.05, 3.63) is 106 Å². The molecule has 2 aromatic carbocycles. The van der Waals surface area contributed by atoms with Gasteiger partial charge in [-0.1, -0.05) is 24.3 Å². The highest BCUT2D eigenvalue weighted by Crippen LogP contribution is 2.42. The Bertz CT molecular complexity index is 1630. The van der Waals surface area contributed by atoms with Crippen LogP contribution in [0.2, 0.25) is 0 Å². The Hall–Kier alpha value is -4.72. The largest absolute Gasteiger partial charge is 0.454 e. The van der Waals surface area contributed by atoms with Crippen LogP contribution < -0.4 is 19.8 Å². The van der Waals surface area contributed by atoms with Gasteiger partial charge in [-0.05, 0) is 35.9 Å². The van der Waals surface area contributed by atoms with Crippen molar-refractivity contribution in [3.63, 3.8) is 0 Å². The van der Waals surface area contributed by atoms with Crippen LogP contribution in [0.25, 0.3) is 22.0 Å². The van der Waals surface area contributed by atoms with E-state index in [-0.39, 0.29) is 18.3 Å². The third-order valence-corrected chi connectivity index (χ3v) is 6.56. The molecule has 2 aliphatic heterocycles. The molecule has 2 aliphatic rings. The minimum absolute atomic E-state index is 0.0228. The van der Waals surface area contributed by atoms with E-state index < -0.39 is 0 Å². The second-order valence-corrected chi connectivity index (χ2v) is 8.55. The van der Waals surface area contributed by atoms with E-state index in [0.717, 1.165) is 27.9 Å². The first-order valence-electron chi connectivity index (χ1n) is 11.3. The number of fused-ring (bicyclic) bond motifs is 3. The lowest BCUT2D eigenvalue weighted by Gasteiger charge is -2.25. The molecule has 0 saturated carbocycles. The van der Waals surface area contributed by atoms with Crippen LogP contribution in [0.15, 0.2) is 84.2 Å². The average Bonchev–Trinajstić information content (AvgIpc) is 3.54. The summed E-state index contributed by atoms with van der Waals surface area (Å²) in [7, 11) is 0. The number of H-pyrrole nitrogens is 1. The smallest absolute Gasteiger partial charge is 0.231 e. The first-order valence-corrected chi connectivity index (χ1v) is 11.3. The summed E-state index contributed by atoms with van der Waals surface area (Å²) < 4.78 is 11.1. The highest BCUT2D eigenvalue weighted by Gasteiger charge is 2.37. The molecule has 35 heavy (non-hydrogen) atoms. The third kappa shape index (κ3) is 3.14. The summed E-state index contributed by atoms with van der Waals surface area (Å²) in [5.74, 6) is 1.93. The van der Waals surface area contributed by atoms with Gasteiger partial charge in [-0.25, -0.2) is 9.97 Å². The number of pyridine rings is 2. The summed E-state index contributed by atoms with van der Waals surface area (Å²) in [5, 5.41) is 0.672. The van der Waals surface area contributed by atoms with Crippen molar-refractivity contribution in [2.45, 2.75) is 12.6 Å². The number of hydrogen-bond donors (Lipinski definition) is 1. The molecule has 5 heterocycles. The van der Waals surface area contributed by atoms with Gasteiger partial charge in [-0.15, -0.1) is 0 Å². The zero-order valence-electron chi connectivity index (χ0n) is 18.5. The monoisotopic (exact) mass is 461 g/mol. The van der Waals surface area contributed by atoms with Gasteiger partial charge in [-0.2, -0.15) is 0 Å². The van der Waals surface area contributed by atoms with E-state index in [4.69, 9.17) is 9.47 Å². The molecule has 1 atom stereocenters. The Morgan fingerprint density at radius 3 is 2.63 bits per heavy atom. The minimum atomic E-state index is -0.291. The average molecular weight is 461 g/mol. The first kappa shape index (κ1) is 19.7. The Kier molecular flexibility index (Phi) is 4.32. The lowest BCUT2D eigenvalue weighted by molar-refractivity contribution is 0.174. The quantitative estimate of drug-likeness (QED) is 0.430. The fourth-order valence-electron chi connectivity index (χ4n) is 4.87. The normalized spacial score (nSPS) is 16.0. The lowest BCUT2D eigenvalue weighted by atomic mass is 10.0. The van der Waals surface area contributed by atoms with Gasteiger partial charge >= 0.3 is 0 Å². The lowest BCUT2D eigenvalue weighted by Crippen LogP contribution is -2.25. The molecule has 0 aliphatic carbocycles. The molecule has 170 valence electrons. The molecule has 8 heteroatoms. The highest BCUT2D eigenvalue weighted by molar-refractivity contribution is 5.80. The van der Waals surface area contributed by atoms with E-state index in [1.54, 1.807) is 24.8 Å². The van der Waals surface area contributed by atoms with Gasteiger partial charge < -0.3 is 19.4 Å². The summed E-state index contributed by atoms with van der Waals surface area (Å²) in [5.41, 5.74) is 5.15. The number of para-hydroxylation sites is 1. The van der Waals surface area contributed by atoms with Gasteiger partial charge in [0.2, 0.25) is 12.7 Å². The van der Waals surface area contributed by atoms with E-state index in [9.17, 15) is 4.79 Å². The predicted molar refractivity (Wildman–Crippen MR) is 130 cm³/mol. The standard InChI is InChI=1S/C27H19N5O3/c33-26-19-5-1-2-6-21(19)31-24-20(26)14-32(25(24)16-7-8-22-23(10-16)35-15-34-22)27-29-12-18(13-30-27)17-4-3-9-28-11-17/h1-13,25H,14-15H2,(H,31,33). The molecular weight excluding hydrogens is 442 g/mol. The van der Waals surface area contributed by atoms with Gasteiger partial charge in [0, 0.05) is 52.4 Å². The van der Waals surface area contributed by atoms with E-state index >= 15 is 0 Å². The molecule has 0 bridgehead atoms. The molecule has 0 spiro atoms. The molecule has 1 N–H and O–H groups in total. The van der Waals surface area contributed by atoms with Crippen LogP contribution in [0.1, 0.15) is 22.9 Å². The summed E-state index contributed by atoms with van der Waals surface area (Å²) >= 11 is 0. The first-order chi connectivity index (χ1) is 17.3. The van der Waals surface area contributed by atoms with Gasteiger partial charge in [-0.3, -0.25) is 9.78 Å². The molecule has 1 unspecified atom stereocenters. The Labute approximate surface area is 199 Å². The number of nitrogens with zero attached hydrogens (tertiary/aromatic N) is 4. The van der Waals surface area contributed by atoms with Crippen LogP contribution in [0, 0.1) is 0 Å². The van der Waals surface area contributed by atoms with Crippen LogP contribution in [0.5, 0.6) is 11.5 Å². The van der Waals surface area contributed by atoms with E-state index in [1.165, 1.54) is 0 Å². The fourth-order valence-corrected chi connectivity index (χ4v) is 4.87. The molecule has 0 amide bonds. The molecule has 8 nitrogen and oxygen atoms in total. The Morgan fingerprint density at radius 2 is 1.77 bits per heavy atom. The number of aromatic amines is 1. The summed E-state index contributed by atoms with van der Waals surface area (Å²) in [6.07, 6.45) is 7.09. The second kappa shape index (κ2) is 7.66. The van der Waals surface area contributed by atoms with Gasteiger partial charge in [0.15, 0.2) is 16.9 Å². The number of ether oxygens (including phenoxy) is 2. The van der Waals surface area contributed by atoms with Crippen molar-refractivity contribution in [1.82, 2.24) is 19.9 Å². The number of benzene rings is 2. The van der Waals surface area contributed by atoms with E-state index in [2.05, 4.69) is 19.9 Å². The van der Waals surface area contributed by atoms with Gasteiger partial charge in [0.05, 0.1) is 18.3 Å². The van der Waals surface area contributed by atoms with Crippen LogP contribution in [0.3, 0.4) is 0 Å². The van der Waals surface area contributed by atoms with Gasteiger partial charge in [0.1, 0.15) is 0 Å². The third-order valence-electron chi connectivity index (χ3n) is 6.56. The maximum Gasteiger partial charge on any atom is 0.231 e. The van der Waals surface area contributed by atoms with E-state index in [1.807, 2.05) is 59.5 Å². The van der Waals surface area contributed by atoms with Crippen LogP contribution in [0.4, 0.5) is 5.95 Å². The van der Waals surface area contributed by atoms with Crippen LogP contribution in [-0.2, 0) is 6.54 Å². The number of rotatable bonds is 3. The molecule has 0 saturated heterocycles. The number of nitrogens with one attached hydrogen (secondary N) is 1. The molecule has 7 rings (SSSR count). The topological polar surface area (TPSA) is 93.2 Å². The second-order valence-electron chi connectivity index (χ2n) is 8.55. The molecule has 5 aromatic rings. The SMILES string of the molecule is O=c1c2c([nH]c3ccccc13)C(c1ccc3c(c1)OCO3)N(c1ncc(-c3cccnc3)cn1)C2. The van der Waals surface area contributed by atoms with Gasteiger partial charge in [0.25, 0.3) is 0 Å². The predicted octanol–water partition coefficient (Wildman–Crippen LogP) is 4.22. The number of aromatic nitrogens is 4. The number of hydrogen-bond acceptors (Lipinski definition) is 7. The highest BCUT2D eigenvalue weighted by atomic mass is 16.7. The Morgan fingerprint density at radius 1 is 0.914 bits per heavy atom. The van der Waals surface area contributed by atoms with Crippen molar-refractivity contribution in [2.75, 3.05) is 11.7 Å². The maximum atomic E-state index is 13.5. The summed E-state index contributed by atoms with van der Waals surface area (Å²) in [6.45, 7) is 0.588. The minimum Gasteiger partial charge on any atom is -0.454 e. The van der Waals surface area contributed by atoms with E-state index in [0.29, 0.717) is 34.9 Å². The Balaban J connectivity index is 1.37. The van der Waals surface area contributed by atoms with Crippen molar-refractivity contribution in [2.24, 2.45) is 0 Å². The molecule has 3 aromatic heterocycles. The molecular formula is C27H19N5O3. The fraction of sp³-hybridized carbons (Fsp3) is 0.111. The molecule has 0 fully saturated rings. The molecule has 0 radical (unpaired) electrons. The zero-order chi connectivity index (χ0) is 23.4.